The first-order chi connectivity index (χ1) is 38.8. The van der Waals surface area contributed by atoms with E-state index in [4.69, 9.17) is 37.9 Å². The number of hydrogen-bond donors (Lipinski definition) is 6. The maximum absolute atomic E-state index is 11.0. The van der Waals surface area contributed by atoms with Crippen LogP contribution < -0.4 is 0 Å². The Kier molecular flexibility index (Phi) is 57.3. The van der Waals surface area contributed by atoms with Crippen molar-refractivity contribution in [3.63, 3.8) is 0 Å². The molecule has 32 heteroatoms. The quantitative estimate of drug-likeness (QED) is 0.0389. The average Bonchev–Trinajstić information content (AvgIpc) is 4.30. The van der Waals surface area contributed by atoms with Gasteiger partial charge in [0.15, 0.2) is 0 Å². The van der Waals surface area contributed by atoms with Crippen molar-refractivity contribution < 1.29 is 148 Å². The van der Waals surface area contributed by atoms with Crippen molar-refractivity contribution in [3.8, 4) is 0 Å². The summed E-state index contributed by atoms with van der Waals surface area (Å²) in [4.78, 5) is 146. The predicted octanol–water partition coefficient (Wildman–Crippen LogP) is 4.28. The lowest BCUT2D eigenvalue weighted by Crippen LogP contribution is -2.08. The molecule has 0 aromatic rings. The molecular weight excluding hydrogens is 1160 g/mol. The van der Waals surface area contributed by atoms with Crippen molar-refractivity contribution in [2.45, 2.75) is 128 Å². The Morgan fingerprint density at radius 3 is 0.988 bits per heavy atom. The zero-order valence-corrected chi connectivity index (χ0v) is 49.9. The highest BCUT2D eigenvalue weighted by Crippen LogP contribution is 2.15. The van der Waals surface area contributed by atoms with Crippen LogP contribution in [0.3, 0.4) is 0 Å². The number of cyclic esters (lactones) is 4. The third-order valence-corrected chi connectivity index (χ3v) is 7.41. The van der Waals surface area contributed by atoms with Gasteiger partial charge in [-0.2, -0.15) is 8.42 Å². The van der Waals surface area contributed by atoms with Crippen molar-refractivity contribution in [3.05, 3.63) is 82.5 Å². The molecule has 2 aliphatic carbocycles. The summed E-state index contributed by atoms with van der Waals surface area (Å²) in [6.07, 6.45) is 13.7. The molecule has 0 spiro atoms. The largest absolute Gasteiger partial charge is 0.481 e. The molecule has 482 valence electrons. The number of esters is 10. The van der Waals surface area contributed by atoms with Crippen LogP contribution >= 0.6 is 0 Å². The van der Waals surface area contributed by atoms with E-state index in [0.717, 1.165) is 24.3 Å². The van der Waals surface area contributed by atoms with Crippen LogP contribution in [0.15, 0.2) is 82.5 Å². The van der Waals surface area contributed by atoms with Crippen LogP contribution in [0.2, 0.25) is 0 Å². The maximum atomic E-state index is 11.0. The number of carbonyl (C=O) groups is 14. The summed E-state index contributed by atoms with van der Waals surface area (Å²) < 4.78 is 67.4. The highest BCUT2D eigenvalue weighted by Gasteiger charge is 2.24. The minimum Gasteiger partial charge on any atom is -0.481 e. The highest BCUT2D eigenvalue weighted by molar-refractivity contribution is 7.79. The van der Waals surface area contributed by atoms with Crippen LogP contribution in [-0.2, 0) is 115 Å². The summed E-state index contributed by atoms with van der Waals surface area (Å²) in [6.45, 7) is 25.4. The summed E-state index contributed by atoms with van der Waals surface area (Å²) in [5.41, 5.74) is 0.885. The van der Waals surface area contributed by atoms with Gasteiger partial charge in [0.1, 0.15) is 0 Å². The van der Waals surface area contributed by atoms with E-state index in [1.54, 1.807) is 41.5 Å². The maximum Gasteiger partial charge on any atom is 0.394 e. The molecule has 2 heterocycles. The molecule has 3 fully saturated rings. The fourth-order valence-corrected chi connectivity index (χ4v) is 3.39. The molecule has 85 heavy (non-hydrogen) atoms. The highest BCUT2D eigenvalue weighted by atomic mass is 32.3. The Morgan fingerprint density at radius 1 is 0.529 bits per heavy atom. The van der Waals surface area contributed by atoms with Crippen molar-refractivity contribution in [1.82, 2.24) is 0 Å². The van der Waals surface area contributed by atoms with Gasteiger partial charge in [-0.1, -0.05) is 51.7 Å². The number of carboxylic acids is 4. The summed E-state index contributed by atoms with van der Waals surface area (Å²) >= 11 is 0. The van der Waals surface area contributed by atoms with Crippen molar-refractivity contribution in [2.24, 2.45) is 0 Å². The summed E-state index contributed by atoms with van der Waals surface area (Å²) in [5, 5.41) is 32.6. The van der Waals surface area contributed by atoms with E-state index in [9.17, 15) is 67.1 Å². The second kappa shape index (κ2) is 54.3. The molecule has 4 rings (SSSR count). The van der Waals surface area contributed by atoms with Crippen LogP contribution in [-0.4, -0.2) is 167 Å². The van der Waals surface area contributed by atoms with Gasteiger partial charge in [0.2, 0.25) is 0 Å². The summed E-state index contributed by atoms with van der Waals surface area (Å²) in [5.74, 6) is -10.1. The molecule has 0 unspecified atom stereocenters. The molecule has 8 N–H and O–H groups in total. The first-order valence-corrected chi connectivity index (χ1v) is 26.1. The standard InChI is InChI=1S/2C9H14O4.2C7H10O4.C5H6O4.2C5H4O3.2C3H6.H2O4S.H2O/c2*1-4-12-8(10)6-7(3)9(11)13-5-2;1-3-11-6(8)4-5(2)7(9)10;1-3-11-7(10)5(2)4-6(8)9;1-3(5(8)9)2-4(6)7;2*1-3-2-4(6)8-5(3)7;2*1-2-3-1;1-5(2,3)4;/h2*6H,4-5H2,1-3H3;4H,3H2,1-2H3,(H,9,10);4H,3H2,1-2H3,(H,8,9);1-2H2,(H,6,7)(H,8,9);2H,1H3;1-2H2;2*1-3H2;(H2,1,2,3,4);1H2/b7-6+;7-6-;2*5-4-;;;;;;;. The smallest absolute Gasteiger partial charge is 0.394 e. The second-order valence-electron chi connectivity index (χ2n) is 15.5. The number of ether oxygens (including phenoxy) is 8. The summed E-state index contributed by atoms with van der Waals surface area (Å²) in [6, 6.07) is 0. The van der Waals surface area contributed by atoms with Gasteiger partial charge in [0, 0.05) is 69.4 Å². The number of carboxylic acid groups (broad SMARTS) is 4. The van der Waals surface area contributed by atoms with E-state index in [2.05, 4.69) is 51.1 Å². The Morgan fingerprint density at radius 2 is 0.835 bits per heavy atom. The zero-order chi connectivity index (χ0) is 66.7. The molecule has 1 saturated heterocycles. The molecule has 0 amide bonds. The predicted molar refractivity (Wildman–Crippen MR) is 294 cm³/mol. The second-order valence-corrected chi connectivity index (χ2v) is 16.4. The fraction of sp³-hybridized carbons (Fsp3) is 0.472. The first kappa shape index (κ1) is 89.8. The Hall–Kier alpha value is -9.01. The van der Waals surface area contributed by atoms with Gasteiger partial charge in [0.25, 0.3) is 0 Å². The van der Waals surface area contributed by atoms with Crippen LogP contribution in [0.25, 0.3) is 0 Å². The molecule has 0 bridgehead atoms. The zero-order valence-electron chi connectivity index (χ0n) is 49.1. The van der Waals surface area contributed by atoms with Crippen LogP contribution in [0.4, 0.5) is 0 Å². The number of aliphatic carboxylic acids is 4. The number of rotatable bonds is 17. The molecule has 2 saturated carbocycles. The molecule has 0 atom stereocenters. The van der Waals surface area contributed by atoms with E-state index >= 15 is 0 Å². The van der Waals surface area contributed by atoms with E-state index in [1.165, 1.54) is 79.2 Å². The monoisotopic (exact) mass is 1240 g/mol. The van der Waals surface area contributed by atoms with E-state index in [-0.39, 0.29) is 58.5 Å². The van der Waals surface area contributed by atoms with Gasteiger partial charge < -0.3 is 63.8 Å². The average molecular weight is 1240 g/mol. The van der Waals surface area contributed by atoms with Crippen molar-refractivity contribution in [1.29, 1.82) is 0 Å². The van der Waals surface area contributed by atoms with Crippen LogP contribution in [0.1, 0.15) is 128 Å². The number of carbonyl (C=O) groups excluding carboxylic acids is 10. The summed E-state index contributed by atoms with van der Waals surface area (Å²) in [7, 11) is -4.67. The Balaban J connectivity index is -0.000000162. The van der Waals surface area contributed by atoms with Gasteiger partial charge in [-0.25, -0.2) is 57.5 Å². The fourth-order valence-electron chi connectivity index (χ4n) is 3.39. The molecule has 0 aromatic heterocycles. The molecule has 0 radical (unpaired) electrons. The Labute approximate surface area is 490 Å². The molecule has 31 nitrogen and oxygen atoms in total. The van der Waals surface area contributed by atoms with Gasteiger partial charge in [-0.05, 0) is 76.2 Å². The molecule has 0 aromatic carbocycles. The third-order valence-electron chi connectivity index (χ3n) is 7.41. The normalized spacial score (nSPS) is 13.0. The number of hydrogen-bond acceptors (Lipinski definition) is 24. The van der Waals surface area contributed by atoms with E-state index < -0.39 is 100 Å². The van der Waals surface area contributed by atoms with Gasteiger partial charge in [-0.15, -0.1) is 0 Å². The van der Waals surface area contributed by atoms with Gasteiger partial charge >= 0.3 is 94.0 Å². The van der Waals surface area contributed by atoms with E-state index in [1.807, 2.05) is 0 Å². The minimum atomic E-state index is -4.67. The van der Waals surface area contributed by atoms with Crippen LogP contribution in [0.5, 0.6) is 0 Å². The van der Waals surface area contributed by atoms with Gasteiger partial charge in [0.05, 0.1) is 52.5 Å². The molecular formula is C53H78O31S. The lowest BCUT2D eigenvalue weighted by molar-refractivity contribution is -0.152. The lowest BCUT2D eigenvalue weighted by Gasteiger charge is -2.01. The minimum absolute atomic E-state index is 0. The van der Waals surface area contributed by atoms with Crippen molar-refractivity contribution in [2.75, 3.05) is 39.6 Å². The molecule has 2 aliphatic heterocycles. The molecule has 4 aliphatic rings. The lowest BCUT2D eigenvalue weighted by atomic mass is 10.2. The van der Waals surface area contributed by atoms with Crippen molar-refractivity contribution >= 4 is 94.0 Å². The van der Waals surface area contributed by atoms with Crippen LogP contribution in [0, 0.1) is 0 Å². The van der Waals surface area contributed by atoms with Gasteiger partial charge in [-0.3, -0.25) is 18.7 Å². The Bertz CT molecular complexity index is 2450. The first-order valence-electron chi connectivity index (χ1n) is 24.7. The third kappa shape index (κ3) is 71.0. The topological polar surface area (TPSA) is 500 Å². The SMILES string of the molecule is C1CC1.C1CC1.C=C(CC(=O)O)C(=O)O.C=C1CC(=O)OC1=O.CC1=CC(=O)OC1=O.CCOC(=O)/C(C)=C\C(=O)O.CCOC(=O)/C=C(/C)C(=O)O.CCOC(=O)/C=C(/C)C(=O)OCC.CCOC(=O)/C=C(\C)C(=O)OCC.O.O=S(=O)(O)O. The van der Waals surface area contributed by atoms with E-state index in [0.29, 0.717) is 32.0 Å².